The lowest BCUT2D eigenvalue weighted by Crippen LogP contribution is -2.46. The lowest BCUT2D eigenvalue weighted by atomic mass is 10.0. The topological polar surface area (TPSA) is 102 Å². The van der Waals surface area contributed by atoms with Crippen LogP contribution in [0.4, 0.5) is 4.79 Å². The van der Waals surface area contributed by atoms with Crippen LogP contribution in [0.5, 0.6) is 0 Å². The lowest BCUT2D eigenvalue weighted by Gasteiger charge is -2.19. The average molecular weight is 288 g/mol. The molecule has 0 bridgehead atoms. The molecule has 17 heavy (non-hydrogen) atoms. The Hall–Kier alpha value is -0.570. The third-order valence-electron chi connectivity index (χ3n) is 2.30. The van der Waals surface area contributed by atoms with E-state index in [9.17, 15) is 13.2 Å². The van der Waals surface area contributed by atoms with E-state index in [-0.39, 0.29) is 25.6 Å². The molecule has 1 aliphatic rings. The molecule has 0 saturated carbocycles. The van der Waals surface area contributed by atoms with E-state index in [2.05, 4.69) is 4.74 Å². The van der Waals surface area contributed by atoms with Crippen LogP contribution < -0.4 is 10.5 Å². The molecule has 1 atom stereocenters. The summed E-state index contributed by atoms with van der Waals surface area (Å²) >= 11 is 0. The molecule has 9 heteroatoms. The highest BCUT2D eigenvalue weighted by molar-refractivity contribution is 7.87. The number of rotatable bonds is 3. The van der Waals surface area contributed by atoms with E-state index in [1.807, 2.05) is 4.72 Å². The van der Waals surface area contributed by atoms with E-state index in [0.717, 1.165) is 4.31 Å². The molecule has 7 nitrogen and oxygen atoms in total. The van der Waals surface area contributed by atoms with Gasteiger partial charge in [-0.15, -0.1) is 12.4 Å². The Morgan fingerprint density at radius 3 is 2.59 bits per heavy atom. The second-order valence-electron chi connectivity index (χ2n) is 4.07. The number of carbonyl (C=O) groups is 1. The minimum absolute atomic E-state index is 0. The Balaban J connectivity index is 0.00000256. The molecule has 0 aromatic rings. The molecule has 0 spiro atoms. The summed E-state index contributed by atoms with van der Waals surface area (Å²) in [6.45, 7) is 3.99. The molecule has 0 aromatic heterocycles. The first-order valence-electron chi connectivity index (χ1n) is 5.00. The van der Waals surface area contributed by atoms with Crippen molar-refractivity contribution in [2.75, 3.05) is 19.7 Å². The molecular formula is C8H18ClN3O4S. The molecular weight excluding hydrogens is 270 g/mol. The Morgan fingerprint density at radius 1 is 1.59 bits per heavy atom. The molecule has 1 aliphatic heterocycles. The van der Waals surface area contributed by atoms with E-state index in [1.165, 1.54) is 0 Å². The maximum absolute atomic E-state index is 11.7. The van der Waals surface area contributed by atoms with Crippen molar-refractivity contribution in [2.45, 2.75) is 25.8 Å². The number of nitrogens with one attached hydrogen (secondary N) is 1. The summed E-state index contributed by atoms with van der Waals surface area (Å²) in [4.78, 5) is 11.0. The van der Waals surface area contributed by atoms with Gasteiger partial charge in [-0.3, -0.25) is 0 Å². The lowest BCUT2D eigenvalue weighted by molar-refractivity contribution is 0.158. The average Bonchev–Trinajstić information content (AvgIpc) is 2.46. The molecule has 0 aromatic carbocycles. The van der Waals surface area contributed by atoms with Crippen molar-refractivity contribution in [3.8, 4) is 0 Å². The van der Waals surface area contributed by atoms with E-state index in [1.54, 1.807) is 13.8 Å². The molecule has 1 heterocycles. The van der Waals surface area contributed by atoms with Crippen LogP contribution in [0, 0.1) is 0 Å². The van der Waals surface area contributed by atoms with Gasteiger partial charge in [0.25, 0.3) is 0 Å². The van der Waals surface area contributed by atoms with Crippen molar-refractivity contribution in [3.05, 3.63) is 0 Å². The zero-order valence-corrected chi connectivity index (χ0v) is 11.4. The molecule has 0 aliphatic carbocycles. The first-order valence-corrected chi connectivity index (χ1v) is 6.44. The summed E-state index contributed by atoms with van der Waals surface area (Å²) in [5, 5.41) is 0. The first kappa shape index (κ1) is 16.4. The van der Waals surface area contributed by atoms with Crippen LogP contribution in [0.15, 0.2) is 0 Å². The van der Waals surface area contributed by atoms with Crippen LogP contribution in [0.1, 0.15) is 20.3 Å². The van der Waals surface area contributed by atoms with Crippen molar-refractivity contribution in [3.63, 3.8) is 0 Å². The highest BCUT2D eigenvalue weighted by Gasteiger charge is 2.37. The molecule has 3 N–H and O–H groups in total. The summed E-state index contributed by atoms with van der Waals surface area (Å²) < 4.78 is 30.8. The molecule has 1 fully saturated rings. The maximum atomic E-state index is 11.7. The minimum Gasteiger partial charge on any atom is -0.449 e. The predicted octanol–water partition coefficient (Wildman–Crippen LogP) is -0.178. The fourth-order valence-electron chi connectivity index (χ4n) is 1.48. The van der Waals surface area contributed by atoms with Crippen molar-refractivity contribution < 1.29 is 17.9 Å². The van der Waals surface area contributed by atoms with Gasteiger partial charge >= 0.3 is 16.3 Å². The predicted molar refractivity (Wildman–Crippen MR) is 65.1 cm³/mol. The van der Waals surface area contributed by atoms with Crippen LogP contribution in [-0.2, 0) is 14.9 Å². The summed E-state index contributed by atoms with van der Waals surface area (Å²) in [6, 6.07) is 0. The Bertz CT molecular complexity index is 371. The fraction of sp³-hybridized carbons (Fsp3) is 0.875. The van der Waals surface area contributed by atoms with Gasteiger partial charge in [0, 0.05) is 18.6 Å². The van der Waals surface area contributed by atoms with Crippen molar-refractivity contribution in [1.82, 2.24) is 9.03 Å². The number of hydrogen-bond donors (Lipinski definition) is 2. The van der Waals surface area contributed by atoms with Gasteiger partial charge in [0.15, 0.2) is 0 Å². The molecule has 0 radical (unpaired) electrons. The van der Waals surface area contributed by atoms with Crippen LogP contribution in [0.2, 0.25) is 0 Å². The van der Waals surface area contributed by atoms with Crippen molar-refractivity contribution in [1.29, 1.82) is 0 Å². The number of nitrogens with two attached hydrogens (primary N) is 1. The summed E-state index contributed by atoms with van der Waals surface area (Å²) in [7, 11) is -3.82. The van der Waals surface area contributed by atoms with Gasteiger partial charge < -0.3 is 10.5 Å². The van der Waals surface area contributed by atoms with Gasteiger partial charge in [-0.2, -0.15) is 12.7 Å². The monoisotopic (exact) mass is 287 g/mol. The Morgan fingerprint density at radius 2 is 2.18 bits per heavy atom. The number of ether oxygens (including phenoxy) is 1. The molecule has 1 unspecified atom stereocenters. The smallest absolute Gasteiger partial charge is 0.421 e. The molecule has 1 saturated heterocycles. The number of hydrogen-bond acceptors (Lipinski definition) is 5. The highest BCUT2D eigenvalue weighted by Crippen LogP contribution is 2.19. The van der Waals surface area contributed by atoms with Gasteiger partial charge in [-0.1, -0.05) is 0 Å². The normalized spacial score (nSPS) is 25.1. The summed E-state index contributed by atoms with van der Waals surface area (Å²) in [5.74, 6) is 0. The SMILES string of the molecule is CCOC(=O)NS(=O)(=O)N1CCC(C)(N)C1.Cl. The fourth-order valence-corrected chi connectivity index (χ4v) is 2.67. The van der Waals surface area contributed by atoms with Crippen molar-refractivity contribution in [2.24, 2.45) is 5.73 Å². The van der Waals surface area contributed by atoms with Crippen LogP contribution in [-0.4, -0.2) is 44.1 Å². The zero-order chi connectivity index (χ0) is 12.4. The summed E-state index contributed by atoms with van der Waals surface area (Å²) in [5.41, 5.74) is 5.27. The van der Waals surface area contributed by atoms with Gasteiger partial charge in [0.2, 0.25) is 0 Å². The van der Waals surface area contributed by atoms with Crippen LogP contribution in [0.25, 0.3) is 0 Å². The standard InChI is InChI=1S/C8H17N3O4S.ClH/c1-3-15-7(12)10-16(13,14)11-5-4-8(2,9)6-11;/h3-6,9H2,1-2H3,(H,10,12);1H. The number of carbonyl (C=O) groups excluding carboxylic acids is 1. The molecule has 1 amide bonds. The minimum atomic E-state index is -3.82. The van der Waals surface area contributed by atoms with Crippen molar-refractivity contribution >= 4 is 28.7 Å². The second-order valence-corrected chi connectivity index (χ2v) is 5.74. The largest absolute Gasteiger partial charge is 0.449 e. The summed E-state index contributed by atoms with van der Waals surface area (Å²) in [6.07, 6.45) is -0.398. The Kier molecular flexibility index (Phi) is 5.66. The quantitative estimate of drug-likeness (QED) is 0.750. The van der Waals surface area contributed by atoms with E-state index in [0.29, 0.717) is 13.0 Å². The number of nitrogens with zero attached hydrogens (tertiary/aromatic N) is 1. The molecule has 102 valence electrons. The number of halogens is 1. The van der Waals surface area contributed by atoms with E-state index in [4.69, 9.17) is 5.73 Å². The van der Waals surface area contributed by atoms with E-state index < -0.39 is 21.8 Å². The van der Waals surface area contributed by atoms with Gasteiger partial charge in [-0.25, -0.2) is 9.52 Å². The van der Waals surface area contributed by atoms with Gasteiger partial charge in [0.1, 0.15) is 0 Å². The maximum Gasteiger partial charge on any atom is 0.421 e. The molecule has 1 rings (SSSR count). The first-order chi connectivity index (χ1) is 7.27. The Labute approximate surface area is 107 Å². The third-order valence-corrected chi connectivity index (χ3v) is 3.71. The van der Waals surface area contributed by atoms with Crippen LogP contribution >= 0.6 is 12.4 Å². The second kappa shape index (κ2) is 5.85. The third kappa shape index (κ3) is 4.66. The number of amides is 1. The highest BCUT2D eigenvalue weighted by atomic mass is 35.5. The van der Waals surface area contributed by atoms with Gasteiger partial charge in [0.05, 0.1) is 6.61 Å². The van der Waals surface area contributed by atoms with E-state index >= 15 is 0 Å². The van der Waals surface area contributed by atoms with Gasteiger partial charge in [-0.05, 0) is 20.3 Å². The van der Waals surface area contributed by atoms with Crippen LogP contribution in [0.3, 0.4) is 0 Å². The zero-order valence-electron chi connectivity index (χ0n) is 9.80.